The second-order valence-corrected chi connectivity index (χ2v) is 6.99. The molecule has 106 valence electrons. The third-order valence-corrected chi connectivity index (χ3v) is 5.74. The van der Waals surface area contributed by atoms with Crippen LogP contribution >= 0.6 is 11.8 Å². The zero-order valence-corrected chi connectivity index (χ0v) is 13.0. The first-order valence-corrected chi connectivity index (χ1v) is 8.36. The Morgan fingerprint density at radius 2 is 1.90 bits per heavy atom. The Labute approximate surface area is 125 Å². The average molecular weight is 286 g/mol. The molecule has 2 atom stereocenters. The van der Waals surface area contributed by atoms with Gasteiger partial charge in [-0.15, -0.1) is 0 Å². The van der Waals surface area contributed by atoms with E-state index in [9.17, 15) is 0 Å². The molecule has 20 heavy (non-hydrogen) atoms. The first kappa shape index (κ1) is 13.8. The maximum atomic E-state index is 5.88. The van der Waals surface area contributed by atoms with Crippen LogP contribution in [0.4, 0.5) is 5.69 Å². The van der Waals surface area contributed by atoms with Gasteiger partial charge in [-0.3, -0.25) is 0 Å². The van der Waals surface area contributed by atoms with Gasteiger partial charge in [0.15, 0.2) is 0 Å². The van der Waals surface area contributed by atoms with Crippen molar-refractivity contribution in [3.05, 3.63) is 42.0 Å². The van der Waals surface area contributed by atoms with Crippen LogP contribution < -0.4 is 10.6 Å². The predicted molar refractivity (Wildman–Crippen MR) is 90.6 cm³/mol. The third kappa shape index (κ3) is 2.29. The molecule has 0 aromatic heterocycles. The summed E-state index contributed by atoms with van der Waals surface area (Å²) in [5.74, 6) is 1.21. The molecule has 2 unspecified atom stereocenters. The largest absolute Gasteiger partial charge is 0.366 e. The zero-order chi connectivity index (χ0) is 14.1. The van der Waals surface area contributed by atoms with E-state index in [1.807, 2.05) is 0 Å². The summed E-state index contributed by atoms with van der Waals surface area (Å²) in [6.45, 7) is 6.39. The summed E-state index contributed by atoms with van der Waals surface area (Å²) in [7, 11) is 0. The van der Waals surface area contributed by atoms with Gasteiger partial charge >= 0.3 is 0 Å². The quantitative estimate of drug-likeness (QED) is 0.914. The molecular formula is C17H22N2S. The number of benzene rings is 2. The van der Waals surface area contributed by atoms with Crippen molar-refractivity contribution in [1.29, 1.82) is 0 Å². The first-order chi connectivity index (χ1) is 9.72. The number of hydrogen-bond donors (Lipinski definition) is 1. The molecule has 1 fully saturated rings. The van der Waals surface area contributed by atoms with Gasteiger partial charge < -0.3 is 10.6 Å². The van der Waals surface area contributed by atoms with E-state index in [2.05, 4.69) is 66.9 Å². The molecule has 1 aliphatic rings. The highest BCUT2D eigenvalue weighted by Crippen LogP contribution is 2.35. The number of fused-ring (bicyclic) bond motifs is 1. The number of thioether (sulfide) groups is 1. The summed E-state index contributed by atoms with van der Waals surface area (Å²) in [4.78, 5) is 2.56. The van der Waals surface area contributed by atoms with E-state index in [0.29, 0.717) is 17.8 Å². The van der Waals surface area contributed by atoms with Crippen LogP contribution in [0.2, 0.25) is 0 Å². The van der Waals surface area contributed by atoms with E-state index in [4.69, 9.17) is 5.73 Å². The molecule has 0 amide bonds. The van der Waals surface area contributed by atoms with Crippen molar-refractivity contribution >= 4 is 28.2 Å². The van der Waals surface area contributed by atoms with Crippen LogP contribution in [0.1, 0.15) is 19.4 Å². The molecule has 0 radical (unpaired) electrons. The Balaban J connectivity index is 2.12. The van der Waals surface area contributed by atoms with Gasteiger partial charge in [-0.25, -0.2) is 0 Å². The number of hydrogen-bond acceptors (Lipinski definition) is 3. The minimum atomic E-state index is 0.570. The van der Waals surface area contributed by atoms with Crippen molar-refractivity contribution in [1.82, 2.24) is 0 Å². The van der Waals surface area contributed by atoms with Gasteiger partial charge in [0.25, 0.3) is 0 Å². The van der Waals surface area contributed by atoms with Crippen molar-refractivity contribution in [2.75, 3.05) is 17.2 Å². The van der Waals surface area contributed by atoms with Gasteiger partial charge in [-0.2, -0.15) is 11.8 Å². The van der Waals surface area contributed by atoms with Crippen LogP contribution in [-0.4, -0.2) is 23.6 Å². The summed E-state index contributed by atoms with van der Waals surface area (Å²) in [5.41, 5.74) is 8.47. The van der Waals surface area contributed by atoms with Crippen LogP contribution in [0.25, 0.3) is 10.8 Å². The Morgan fingerprint density at radius 1 is 1.15 bits per heavy atom. The smallest absolute Gasteiger partial charge is 0.0449 e. The SMILES string of the molecule is CC1SCCN(c2ccc(CN)c3ccccc23)C1C. The second-order valence-electron chi connectivity index (χ2n) is 5.50. The fourth-order valence-corrected chi connectivity index (χ4v) is 4.15. The van der Waals surface area contributed by atoms with Crippen LogP contribution in [0.15, 0.2) is 36.4 Å². The summed E-state index contributed by atoms with van der Waals surface area (Å²) in [6, 6.07) is 13.7. The molecule has 1 aliphatic heterocycles. The number of rotatable bonds is 2. The van der Waals surface area contributed by atoms with Crippen LogP contribution in [0.5, 0.6) is 0 Å². The molecule has 1 saturated heterocycles. The van der Waals surface area contributed by atoms with Crippen molar-refractivity contribution in [3.63, 3.8) is 0 Å². The Morgan fingerprint density at radius 3 is 2.65 bits per heavy atom. The molecule has 2 nitrogen and oxygen atoms in total. The molecule has 0 bridgehead atoms. The lowest BCUT2D eigenvalue weighted by molar-refractivity contribution is 0.629. The summed E-state index contributed by atoms with van der Waals surface area (Å²) >= 11 is 2.08. The topological polar surface area (TPSA) is 29.3 Å². The van der Waals surface area contributed by atoms with Gasteiger partial charge in [-0.05, 0) is 23.9 Å². The highest BCUT2D eigenvalue weighted by molar-refractivity contribution is 8.00. The van der Waals surface area contributed by atoms with E-state index < -0.39 is 0 Å². The second kappa shape index (κ2) is 5.66. The minimum Gasteiger partial charge on any atom is -0.366 e. The van der Waals surface area contributed by atoms with Crippen LogP contribution in [-0.2, 0) is 6.54 Å². The minimum absolute atomic E-state index is 0.570. The Bertz CT molecular complexity index is 611. The van der Waals surface area contributed by atoms with Gasteiger partial charge in [0.2, 0.25) is 0 Å². The van der Waals surface area contributed by atoms with Crippen molar-refractivity contribution < 1.29 is 0 Å². The predicted octanol–water partition coefficient (Wildman–Crippen LogP) is 3.63. The molecule has 0 spiro atoms. The first-order valence-electron chi connectivity index (χ1n) is 7.31. The van der Waals surface area contributed by atoms with E-state index >= 15 is 0 Å². The molecule has 3 rings (SSSR count). The summed E-state index contributed by atoms with van der Waals surface area (Å²) in [6.07, 6.45) is 0. The number of nitrogens with two attached hydrogens (primary N) is 1. The van der Waals surface area contributed by atoms with E-state index in [1.165, 1.54) is 27.8 Å². The van der Waals surface area contributed by atoms with Crippen LogP contribution in [0, 0.1) is 0 Å². The zero-order valence-electron chi connectivity index (χ0n) is 12.2. The standard InChI is InChI=1S/C17H22N2S/c1-12-13(2)20-10-9-19(12)17-8-7-14(11-18)15-5-3-4-6-16(15)17/h3-8,12-13H,9-11,18H2,1-2H3. The lowest BCUT2D eigenvalue weighted by Gasteiger charge is -2.40. The normalized spacial score (nSPS) is 23.2. The lowest BCUT2D eigenvalue weighted by Crippen LogP contribution is -2.44. The van der Waals surface area contributed by atoms with Gasteiger partial charge in [0.05, 0.1) is 0 Å². The number of anilines is 1. The molecule has 2 N–H and O–H groups in total. The monoisotopic (exact) mass is 286 g/mol. The summed E-state index contributed by atoms with van der Waals surface area (Å²) < 4.78 is 0. The third-order valence-electron chi connectivity index (χ3n) is 4.40. The highest BCUT2D eigenvalue weighted by Gasteiger charge is 2.26. The average Bonchev–Trinajstić information content (AvgIpc) is 2.49. The molecule has 2 aromatic carbocycles. The van der Waals surface area contributed by atoms with Crippen molar-refractivity contribution in [2.24, 2.45) is 5.73 Å². The molecule has 0 saturated carbocycles. The van der Waals surface area contributed by atoms with E-state index in [1.54, 1.807) is 0 Å². The van der Waals surface area contributed by atoms with Crippen molar-refractivity contribution in [2.45, 2.75) is 31.7 Å². The Hall–Kier alpha value is -1.19. The van der Waals surface area contributed by atoms with Gasteiger partial charge in [-0.1, -0.05) is 37.3 Å². The molecule has 3 heteroatoms. The van der Waals surface area contributed by atoms with E-state index in [0.717, 1.165) is 6.54 Å². The maximum Gasteiger partial charge on any atom is 0.0449 e. The maximum absolute atomic E-state index is 5.88. The lowest BCUT2D eigenvalue weighted by atomic mass is 10.0. The molecular weight excluding hydrogens is 264 g/mol. The highest BCUT2D eigenvalue weighted by atomic mass is 32.2. The fraction of sp³-hybridized carbons (Fsp3) is 0.412. The molecule has 1 heterocycles. The fourth-order valence-electron chi connectivity index (χ4n) is 3.05. The molecule has 2 aromatic rings. The summed E-state index contributed by atoms with van der Waals surface area (Å²) in [5, 5.41) is 3.31. The molecule has 0 aliphatic carbocycles. The van der Waals surface area contributed by atoms with Crippen LogP contribution in [0.3, 0.4) is 0 Å². The Kier molecular flexibility index (Phi) is 3.90. The van der Waals surface area contributed by atoms with Gasteiger partial charge in [0.1, 0.15) is 0 Å². The van der Waals surface area contributed by atoms with Gasteiger partial charge in [0, 0.05) is 41.2 Å². The number of nitrogens with zero attached hydrogens (tertiary/aromatic N) is 1. The van der Waals surface area contributed by atoms with E-state index in [-0.39, 0.29) is 0 Å². The van der Waals surface area contributed by atoms with Crippen molar-refractivity contribution in [3.8, 4) is 0 Å².